The zero-order valence-corrected chi connectivity index (χ0v) is 15.8. The maximum atomic E-state index is 12.9. The third-order valence-corrected chi connectivity index (χ3v) is 5.05. The van der Waals surface area contributed by atoms with Gasteiger partial charge in [0.25, 0.3) is 0 Å². The summed E-state index contributed by atoms with van der Waals surface area (Å²) >= 11 is 0. The van der Waals surface area contributed by atoms with Gasteiger partial charge in [-0.15, -0.1) is 12.4 Å². The zero-order valence-electron chi connectivity index (χ0n) is 15.0. The van der Waals surface area contributed by atoms with Crippen molar-refractivity contribution in [2.75, 3.05) is 13.1 Å². The number of piperidine rings is 1. The molecule has 0 spiro atoms. The fourth-order valence-corrected chi connectivity index (χ4v) is 3.37. The largest absolute Gasteiger partial charge is 0.416 e. The third kappa shape index (κ3) is 4.66. The summed E-state index contributed by atoms with van der Waals surface area (Å²) in [6, 6.07) is 12.9. The number of carbonyl (C=O) groups excluding carboxylic acids is 1. The van der Waals surface area contributed by atoms with Crippen LogP contribution in [0.2, 0.25) is 0 Å². The van der Waals surface area contributed by atoms with Crippen LogP contribution in [0.3, 0.4) is 0 Å². The summed E-state index contributed by atoms with van der Waals surface area (Å²) in [7, 11) is 0. The summed E-state index contributed by atoms with van der Waals surface area (Å²) in [5, 5.41) is 10.9. The SMILES string of the molecule is Cl.N[C@H](C(=O)N1CCC(O)(c2cccc(C(F)(F)F)c2)CC1)c1ccccc1. The van der Waals surface area contributed by atoms with E-state index in [2.05, 4.69) is 0 Å². The molecule has 1 amide bonds. The minimum Gasteiger partial charge on any atom is -0.385 e. The number of halogens is 4. The van der Waals surface area contributed by atoms with Crippen LogP contribution in [0.4, 0.5) is 13.2 Å². The molecule has 1 fully saturated rings. The minimum absolute atomic E-state index is 0. The highest BCUT2D eigenvalue weighted by atomic mass is 35.5. The standard InChI is InChI=1S/C20H21F3N2O2.ClH/c21-20(22,23)16-8-4-7-15(13-16)19(27)9-11-25(12-10-19)18(26)17(24)14-5-2-1-3-6-14;/h1-8,13,17,27H,9-12,24H2;1H/t17-;/m0./s1. The molecule has 8 heteroatoms. The van der Waals surface area contributed by atoms with Crippen LogP contribution in [-0.2, 0) is 16.6 Å². The summed E-state index contributed by atoms with van der Waals surface area (Å²) < 4.78 is 38.8. The summed E-state index contributed by atoms with van der Waals surface area (Å²) in [4.78, 5) is 14.2. The number of alkyl halides is 3. The lowest BCUT2D eigenvalue weighted by Gasteiger charge is -2.39. The fourth-order valence-electron chi connectivity index (χ4n) is 3.37. The Kier molecular flexibility index (Phi) is 6.75. The van der Waals surface area contributed by atoms with Gasteiger partial charge in [0, 0.05) is 13.1 Å². The lowest BCUT2D eigenvalue weighted by molar-refractivity contribution is -0.138. The van der Waals surface area contributed by atoms with Crippen molar-refractivity contribution in [1.29, 1.82) is 0 Å². The lowest BCUT2D eigenvalue weighted by atomic mass is 9.83. The molecule has 152 valence electrons. The summed E-state index contributed by atoms with van der Waals surface area (Å²) in [6.45, 7) is 0.457. The lowest BCUT2D eigenvalue weighted by Crippen LogP contribution is -2.48. The average molecular weight is 415 g/mol. The second kappa shape index (κ2) is 8.51. The Bertz CT molecular complexity index is 807. The first-order valence-corrected chi connectivity index (χ1v) is 8.70. The Morgan fingerprint density at radius 1 is 1.07 bits per heavy atom. The quantitative estimate of drug-likeness (QED) is 0.805. The van der Waals surface area contributed by atoms with Gasteiger partial charge in [0.15, 0.2) is 0 Å². The predicted molar refractivity (Wildman–Crippen MR) is 102 cm³/mol. The van der Waals surface area contributed by atoms with E-state index in [0.717, 1.165) is 12.1 Å². The molecule has 3 N–H and O–H groups in total. The first kappa shape index (κ1) is 22.2. The average Bonchev–Trinajstić information content (AvgIpc) is 2.67. The van der Waals surface area contributed by atoms with Gasteiger partial charge >= 0.3 is 6.18 Å². The van der Waals surface area contributed by atoms with Crippen LogP contribution in [0.25, 0.3) is 0 Å². The number of aliphatic hydroxyl groups is 1. The van der Waals surface area contributed by atoms with Crippen LogP contribution in [0.1, 0.15) is 35.6 Å². The highest BCUT2D eigenvalue weighted by Gasteiger charge is 2.38. The third-order valence-electron chi connectivity index (χ3n) is 5.05. The topological polar surface area (TPSA) is 66.6 Å². The number of hydrogen-bond acceptors (Lipinski definition) is 3. The van der Waals surface area contributed by atoms with E-state index in [1.54, 1.807) is 29.2 Å². The molecule has 0 saturated carbocycles. The predicted octanol–water partition coefficient (Wildman–Crippen LogP) is 3.64. The van der Waals surface area contributed by atoms with Gasteiger partial charge in [-0.05, 0) is 36.1 Å². The summed E-state index contributed by atoms with van der Waals surface area (Å²) in [5.74, 6) is -0.257. The van der Waals surface area contributed by atoms with Crippen molar-refractivity contribution in [2.45, 2.75) is 30.7 Å². The van der Waals surface area contributed by atoms with Gasteiger partial charge in [0.2, 0.25) is 5.91 Å². The van der Waals surface area contributed by atoms with E-state index in [0.29, 0.717) is 5.56 Å². The molecule has 1 saturated heterocycles. The molecule has 4 nitrogen and oxygen atoms in total. The zero-order chi connectivity index (χ0) is 19.7. The Morgan fingerprint density at radius 3 is 2.25 bits per heavy atom. The van der Waals surface area contributed by atoms with E-state index < -0.39 is 23.4 Å². The number of likely N-dealkylation sites (tertiary alicyclic amines) is 1. The molecule has 0 aliphatic carbocycles. The van der Waals surface area contributed by atoms with Crippen molar-refractivity contribution in [3.63, 3.8) is 0 Å². The number of nitrogens with zero attached hydrogens (tertiary/aromatic N) is 1. The van der Waals surface area contributed by atoms with Crippen molar-refractivity contribution < 1.29 is 23.1 Å². The Labute approximate surface area is 167 Å². The first-order valence-electron chi connectivity index (χ1n) is 8.70. The van der Waals surface area contributed by atoms with Gasteiger partial charge in [-0.3, -0.25) is 4.79 Å². The van der Waals surface area contributed by atoms with Gasteiger partial charge in [-0.25, -0.2) is 0 Å². The van der Waals surface area contributed by atoms with Crippen molar-refractivity contribution in [3.05, 3.63) is 71.3 Å². The number of amides is 1. The molecule has 28 heavy (non-hydrogen) atoms. The molecule has 0 unspecified atom stereocenters. The van der Waals surface area contributed by atoms with Gasteiger partial charge in [-0.1, -0.05) is 42.5 Å². The van der Waals surface area contributed by atoms with Crippen LogP contribution < -0.4 is 5.73 Å². The maximum absolute atomic E-state index is 12.9. The van der Waals surface area contributed by atoms with Gasteiger partial charge in [0.1, 0.15) is 6.04 Å². The first-order chi connectivity index (χ1) is 12.7. The van der Waals surface area contributed by atoms with Crippen LogP contribution >= 0.6 is 12.4 Å². The second-order valence-electron chi connectivity index (χ2n) is 6.82. The molecular weight excluding hydrogens is 393 g/mol. The van der Waals surface area contributed by atoms with E-state index in [1.165, 1.54) is 12.1 Å². The van der Waals surface area contributed by atoms with E-state index in [1.807, 2.05) is 6.07 Å². The van der Waals surface area contributed by atoms with E-state index in [4.69, 9.17) is 5.73 Å². The fraction of sp³-hybridized carbons (Fsp3) is 0.350. The van der Waals surface area contributed by atoms with E-state index in [-0.39, 0.29) is 49.8 Å². The normalized spacial score (nSPS) is 17.5. The van der Waals surface area contributed by atoms with Crippen LogP contribution in [0.5, 0.6) is 0 Å². The van der Waals surface area contributed by atoms with Crippen molar-refractivity contribution in [1.82, 2.24) is 4.90 Å². The Hall–Kier alpha value is -2.09. The highest BCUT2D eigenvalue weighted by Crippen LogP contribution is 2.37. The van der Waals surface area contributed by atoms with E-state index >= 15 is 0 Å². The Morgan fingerprint density at radius 2 is 1.68 bits per heavy atom. The summed E-state index contributed by atoms with van der Waals surface area (Å²) in [5.41, 5.74) is 4.76. The molecule has 3 rings (SSSR count). The number of nitrogens with two attached hydrogens (primary N) is 1. The van der Waals surface area contributed by atoms with Gasteiger partial charge in [0.05, 0.1) is 11.2 Å². The highest BCUT2D eigenvalue weighted by molar-refractivity contribution is 5.85. The molecule has 0 bridgehead atoms. The molecule has 0 aromatic heterocycles. The summed E-state index contributed by atoms with van der Waals surface area (Å²) in [6.07, 6.45) is -4.16. The number of hydrogen-bond donors (Lipinski definition) is 2. The molecule has 1 aliphatic rings. The molecule has 1 aliphatic heterocycles. The van der Waals surface area contributed by atoms with E-state index in [9.17, 15) is 23.1 Å². The Balaban J connectivity index is 0.00000280. The molecular formula is C20H22ClF3N2O2. The molecule has 1 heterocycles. The van der Waals surface area contributed by atoms with Crippen molar-refractivity contribution >= 4 is 18.3 Å². The molecule has 2 aromatic rings. The second-order valence-corrected chi connectivity index (χ2v) is 6.82. The monoisotopic (exact) mass is 414 g/mol. The maximum Gasteiger partial charge on any atom is 0.416 e. The molecule has 0 radical (unpaired) electrons. The van der Waals surface area contributed by atoms with Crippen LogP contribution in [-0.4, -0.2) is 29.0 Å². The van der Waals surface area contributed by atoms with Crippen LogP contribution in [0.15, 0.2) is 54.6 Å². The number of carbonyl (C=O) groups is 1. The van der Waals surface area contributed by atoms with Crippen molar-refractivity contribution in [2.24, 2.45) is 5.73 Å². The number of benzene rings is 2. The van der Waals surface area contributed by atoms with Gasteiger partial charge in [-0.2, -0.15) is 13.2 Å². The number of rotatable bonds is 3. The minimum atomic E-state index is -4.47. The van der Waals surface area contributed by atoms with Crippen LogP contribution in [0, 0.1) is 0 Å². The van der Waals surface area contributed by atoms with Gasteiger partial charge < -0.3 is 15.7 Å². The smallest absolute Gasteiger partial charge is 0.385 e. The molecule has 2 aromatic carbocycles. The molecule has 1 atom stereocenters. The van der Waals surface area contributed by atoms with Crippen molar-refractivity contribution in [3.8, 4) is 0 Å².